The average molecular weight is 225 g/mol. The molecule has 2 aliphatic rings. The fourth-order valence-electron chi connectivity index (χ4n) is 3.21. The maximum Gasteiger partial charge on any atom is 0.0704 e. The molecule has 1 N–H and O–H groups in total. The molecule has 2 heteroatoms. The van der Waals surface area contributed by atoms with Gasteiger partial charge in [-0.2, -0.15) is 0 Å². The summed E-state index contributed by atoms with van der Waals surface area (Å²) in [5.41, 5.74) is 0.541. The summed E-state index contributed by atoms with van der Waals surface area (Å²) in [5.74, 6) is 0. The molecule has 0 aromatic heterocycles. The van der Waals surface area contributed by atoms with Crippen molar-refractivity contribution in [1.29, 1.82) is 0 Å². The van der Waals surface area contributed by atoms with Crippen molar-refractivity contribution in [2.24, 2.45) is 5.41 Å². The predicted molar refractivity (Wildman–Crippen MR) is 67.6 cm³/mol. The van der Waals surface area contributed by atoms with E-state index in [-0.39, 0.29) is 0 Å². The van der Waals surface area contributed by atoms with Crippen molar-refractivity contribution in [3.05, 3.63) is 0 Å². The van der Waals surface area contributed by atoms with Gasteiger partial charge in [-0.05, 0) is 44.4 Å². The first-order chi connectivity index (χ1) is 7.55. The smallest absolute Gasteiger partial charge is 0.0704 e. The van der Waals surface area contributed by atoms with E-state index in [9.17, 15) is 0 Å². The maximum absolute atomic E-state index is 5.84. The van der Waals surface area contributed by atoms with Crippen LogP contribution in [0.1, 0.15) is 59.3 Å². The fourth-order valence-corrected chi connectivity index (χ4v) is 3.21. The number of hydrogen-bond acceptors (Lipinski definition) is 2. The van der Waals surface area contributed by atoms with Crippen molar-refractivity contribution in [2.45, 2.75) is 77.5 Å². The highest BCUT2D eigenvalue weighted by atomic mass is 16.5. The van der Waals surface area contributed by atoms with Gasteiger partial charge in [-0.1, -0.05) is 20.3 Å². The van der Waals surface area contributed by atoms with Crippen LogP contribution in [-0.2, 0) is 4.74 Å². The van der Waals surface area contributed by atoms with Crippen LogP contribution in [-0.4, -0.2) is 24.8 Å². The number of rotatable bonds is 3. The molecule has 1 aliphatic heterocycles. The van der Waals surface area contributed by atoms with Gasteiger partial charge < -0.3 is 10.1 Å². The molecule has 1 heterocycles. The van der Waals surface area contributed by atoms with E-state index in [4.69, 9.17) is 4.74 Å². The van der Waals surface area contributed by atoms with E-state index in [0.717, 1.165) is 12.6 Å². The first-order valence-corrected chi connectivity index (χ1v) is 6.94. The number of ether oxygens (including phenoxy) is 1. The lowest BCUT2D eigenvalue weighted by Crippen LogP contribution is -2.40. The summed E-state index contributed by atoms with van der Waals surface area (Å²) in [6.45, 7) is 8.04. The maximum atomic E-state index is 5.84. The minimum Gasteiger partial charge on any atom is -0.374 e. The minimum atomic E-state index is 0.472. The molecule has 0 aromatic carbocycles. The molecule has 16 heavy (non-hydrogen) atoms. The quantitative estimate of drug-likeness (QED) is 0.797. The van der Waals surface area contributed by atoms with Gasteiger partial charge >= 0.3 is 0 Å². The molecule has 3 atom stereocenters. The van der Waals surface area contributed by atoms with E-state index in [2.05, 4.69) is 26.1 Å². The summed E-state index contributed by atoms with van der Waals surface area (Å²) < 4.78 is 5.84. The zero-order valence-electron chi connectivity index (χ0n) is 11.1. The Hall–Kier alpha value is -0.0800. The summed E-state index contributed by atoms with van der Waals surface area (Å²) in [5, 5.41) is 3.71. The molecule has 1 saturated carbocycles. The highest BCUT2D eigenvalue weighted by molar-refractivity contribution is 4.84. The summed E-state index contributed by atoms with van der Waals surface area (Å²) in [7, 11) is 0. The van der Waals surface area contributed by atoms with E-state index < -0.39 is 0 Å². The second-order valence-electron chi connectivity index (χ2n) is 6.51. The number of hydrogen-bond donors (Lipinski definition) is 1. The predicted octanol–water partition coefficient (Wildman–Crippen LogP) is 3.11. The summed E-state index contributed by atoms with van der Waals surface area (Å²) >= 11 is 0. The Bertz CT molecular complexity index is 227. The third kappa shape index (κ3) is 3.46. The Morgan fingerprint density at radius 2 is 2.06 bits per heavy atom. The number of nitrogens with one attached hydrogen (secondary N) is 1. The molecule has 1 saturated heterocycles. The van der Waals surface area contributed by atoms with Crippen LogP contribution in [0.25, 0.3) is 0 Å². The minimum absolute atomic E-state index is 0.472. The lowest BCUT2D eigenvalue weighted by molar-refractivity contribution is 0.0514. The largest absolute Gasteiger partial charge is 0.374 e. The van der Waals surface area contributed by atoms with Crippen molar-refractivity contribution >= 4 is 0 Å². The van der Waals surface area contributed by atoms with Crippen molar-refractivity contribution < 1.29 is 4.74 Å². The van der Waals surface area contributed by atoms with Gasteiger partial charge in [0.2, 0.25) is 0 Å². The first kappa shape index (κ1) is 12.4. The van der Waals surface area contributed by atoms with Gasteiger partial charge in [-0.3, -0.25) is 0 Å². The molecular formula is C14H27NO. The third-order valence-corrected chi connectivity index (χ3v) is 4.16. The van der Waals surface area contributed by atoms with E-state index in [1.807, 2.05) is 0 Å². The van der Waals surface area contributed by atoms with Gasteiger partial charge in [-0.25, -0.2) is 0 Å². The van der Waals surface area contributed by atoms with Gasteiger partial charge in [0.25, 0.3) is 0 Å². The van der Waals surface area contributed by atoms with Gasteiger partial charge in [0.1, 0.15) is 0 Å². The van der Waals surface area contributed by atoms with Crippen LogP contribution in [0.15, 0.2) is 0 Å². The van der Waals surface area contributed by atoms with Crippen LogP contribution in [0.5, 0.6) is 0 Å². The molecule has 1 aliphatic carbocycles. The van der Waals surface area contributed by atoms with E-state index in [0.29, 0.717) is 17.6 Å². The Morgan fingerprint density at radius 3 is 2.69 bits per heavy atom. The zero-order valence-corrected chi connectivity index (χ0v) is 11.1. The molecule has 2 fully saturated rings. The Morgan fingerprint density at radius 1 is 1.25 bits per heavy atom. The van der Waals surface area contributed by atoms with Crippen LogP contribution in [0, 0.1) is 5.41 Å². The monoisotopic (exact) mass is 225 g/mol. The second-order valence-corrected chi connectivity index (χ2v) is 6.51. The van der Waals surface area contributed by atoms with Gasteiger partial charge in [0.15, 0.2) is 0 Å². The van der Waals surface area contributed by atoms with Crippen molar-refractivity contribution in [1.82, 2.24) is 5.32 Å². The Labute approximate surface area is 100 Å². The molecule has 0 aromatic rings. The molecule has 0 spiro atoms. The molecule has 3 unspecified atom stereocenters. The first-order valence-electron chi connectivity index (χ1n) is 6.94. The SMILES string of the molecule is CC1CCC(CNC2CCCC(C)(C)C2)O1. The summed E-state index contributed by atoms with van der Waals surface area (Å²) in [4.78, 5) is 0. The topological polar surface area (TPSA) is 21.3 Å². The molecule has 0 bridgehead atoms. The fraction of sp³-hybridized carbons (Fsp3) is 1.00. The highest BCUT2D eigenvalue weighted by Gasteiger charge is 2.29. The highest BCUT2D eigenvalue weighted by Crippen LogP contribution is 2.35. The lowest BCUT2D eigenvalue weighted by atomic mass is 9.75. The standard InChI is InChI=1S/C14H27NO/c1-11-6-7-13(16-11)10-15-12-5-4-8-14(2,3)9-12/h11-13,15H,4-10H2,1-3H3. The van der Waals surface area contributed by atoms with Crippen LogP contribution >= 0.6 is 0 Å². The third-order valence-electron chi connectivity index (χ3n) is 4.16. The van der Waals surface area contributed by atoms with Crippen molar-refractivity contribution in [3.8, 4) is 0 Å². The van der Waals surface area contributed by atoms with Crippen LogP contribution in [0.3, 0.4) is 0 Å². The molecule has 94 valence electrons. The molecule has 0 amide bonds. The molecule has 2 nitrogen and oxygen atoms in total. The van der Waals surface area contributed by atoms with Crippen molar-refractivity contribution in [2.75, 3.05) is 6.54 Å². The molecule has 2 rings (SSSR count). The zero-order chi connectivity index (χ0) is 11.6. The van der Waals surface area contributed by atoms with Crippen LogP contribution < -0.4 is 5.32 Å². The van der Waals surface area contributed by atoms with Gasteiger partial charge in [0.05, 0.1) is 12.2 Å². The average Bonchev–Trinajstić information content (AvgIpc) is 2.60. The van der Waals surface area contributed by atoms with Gasteiger partial charge in [-0.15, -0.1) is 0 Å². The van der Waals surface area contributed by atoms with E-state index >= 15 is 0 Å². The lowest BCUT2D eigenvalue weighted by Gasteiger charge is -2.36. The van der Waals surface area contributed by atoms with Gasteiger partial charge in [0, 0.05) is 12.6 Å². The van der Waals surface area contributed by atoms with Crippen LogP contribution in [0.4, 0.5) is 0 Å². The summed E-state index contributed by atoms with van der Waals surface area (Å²) in [6, 6.07) is 0.725. The summed E-state index contributed by atoms with van der Waals surface area (Å²) in [6.07, 6.45) is 8.89. The van der Waals surface area contributed by atoms with Crippen LogP contribution in [0.2, 0.25) is 0 Å². The Balaban J connectivity index is 1.69. The second kappa shape index (κ2) is 5.05. The van der Waals surface area contributed by atoms with E-state index in [1.165, 1.54) is 38.5 Å². The molecule has 0 radical (unpaired) electrons. The van der Waals surface area contributed by atoms with Crippen molar-refractivity contribution in [3.63, 3.8) is 0 Å². The Kier molecular flexibility index (Phi) is 3.91. The van der Waals surface area contributed by atoms with E-state index in [1.54, 1.807) is 0 Å². The molecular weight excluding hydrogens is 198 g/mol. The normalized spacial score (nSPS) is 38.8.